The number of carbonyl (C=O) groups is 1. The molecule has 60 valence electrons. The molecule has 2 amide bonds. The van der Waals surface area contributed by atoms with Crippen LogP contribution in [-0.2, 0) is 6.54 Å². The number of H-pyrrole nitrogens is 1. The molecule has 0 saturated heterocycles. The normalized spacial score (nSPS) is 9.55. The van der Waals surface area contributed by atoms with Crippen LogP contribution in [0.4, 0.5) is 10.6 Å². The maximum absolute atomic E-state index is 10.4. The number of nitrogens with zero attached hydrogens (tertiary/aromatic N) is 1. The second kappa shape index (κ2) is 3.02. The predicted octanol–water partition coefficient (Wildman–Crippen LogP) is -0.641. The first-order valence-corrected chi connectivity index (χ1v) is 3.03. The quantitative estimate of drug-likeness (QED) is 0.455. The van der Waals surface area contributed by atoms with Crippen LogP contribution in [0.25, 0.3) is 0 Å². The van der Waals surface area contributed by atoms with E-state index < -0.39 is 6.03 Å². The summed E-state index contributed by atoms with van der Waals surface area (Å²) in [6.45, 7) is 0.312. The molecule has 11 heavy (non-hydrogen) atoms. The lowest BCUT2D eigenvalue weighted by Gasteiger charge is -1.98. The van der Waals surface area contributed by atoms with Crippen LogP contribution < -0.4 is 16.8 Å². The van der Waals surface area contributed by atoms with E-state index in [1.165, 1.54) is 6.20 Å². The molecule has 6 N–H and O–H groups in total. The number of urea groups is 1. The van der Waals surface area contributed by atoms with E-state index in [9.17, 15) is 4.79 Å². The summed E-state index contributed by atoms with van der Waals surface area (Å²) in [6, 6.07) is -0.635. The lowest BCUT2D eigenvalue weighted by atomic mass is 10.3. The third-order valence-corrected chi connectivity index (χ3v) is 1.19. The number of rotatable bonds is 2. The number of primary amides is 1. The molecule has 0 aliphatic heterocycles. The first-order chi connectivity index (χ1) is 5.24. The molecule has 6 heteroatoms. The molecule has 0 aliphatic rings. The minimum absolute atomic E-state index is 0.312. The number of nitrogens with two attached hydrogens (primary N) is 2. The van der Waals surface area contributed by atoms with Crippen LogP contribution in [0.2, 0.25) is 0 Å². The standard InChI is InChI=1S/C5H9N5O/c6-1-3-2-8-10-4(3)9-5(7)11/h2H,1,6H2,(H4,7,8,9,10,11). The molecule has 6 nitrogen and oxygen atoms in total. The summed E-state index contributed by atoms with van der Waals surface area (Å²) < 4.78 is 0. The zero-order valence-electron chi connectivity index (χ0n) is 5.79. The topological polar surface area (TPSA) is 110 Å². The van der Waals surface area contributed by atoms with Gasteiger partial charge in [0.05, 0.1) is 6.20 Å². The Hall–Kier alpha value is -1.56. The predicted molar refractivity (Wildman–Crippen MR) is 39.7 cm³/mol. The van der Waals surface area contributed by atoms with E-state index in [-0.39, 0.29) is 0 Å². The minimum Gasteiger partial charge on any atom is -0.351 e. The molecule has 1 aromatic rings. The molecule has 0 radical (unpaired) electrons. The molecule has 0 atom stereocenters. The van der Waals surface area contributed by atoms with Crippen molar-refractivity contribution in [3.8, 4) is 0 Å². The van der Waals surface area contributed by atoms with Crippen molar-refractivity contribution in [2.75, 3.05) is 5.32 Å². The molecule has 0 fully saturated rings. The first-order valence-electron chi connectivity index (χ1n) is 3.03. The molecule has 0 spiro atoms. The van der Waals surface area contributed by atoms with Crippen molar-refractivity contribution < 1.29 is 4.79 Å². The van der Waals surface area contributed by atoms with Gasteiger partial charge in [0.1, 0.15) is 5.82 Å². The van der Waals surface area contributed by atoms with Crippen LogP contribution in [-0.4, -0.2) is 16.2 Å². The minimum atomic E-state index is -0.635. The zero-order valence-corrected chi connectivity index (χ0v) is 5.79. The van der Waals surface area contributed by atoms with Crippen molar-refractivity contribution in [2.45, 2.75) is 6.54 Å². The van der Waals surface area contributed by atoms with E-state index in [0.29, 0.717) is 12.4 Å². The number of aromatic nitrogens is 2. The van der Waals surface area contributed by atoms with Crippen LogP contribution in [0.15, 0.2) is 6.20 Å². The molecular weight excluding hydrogens is 146 g/mol. The van der Waals surface area contributed by atoms with E-state index >= 15 is 0 Å². The Morgan fingerprint density at radius 2 is 2.55 bits per heavy atom. The lowest BCUT2D eigenvalue weighted by Crippen LogP contribution is -2.20. The highest BCUT2D eigenvalue weighted by Gasteiger charge is 2.03. The lowest BCUT2D eigenvalue weighted by molar-refractivity contribution is 0.259. The molecule has 1 rings (SSSR count). The van der Waals surface area contributed by atoms with Gasteiger partial charge in [0.2, 0.25) is 0 Å². The Kier molecular flexibility index (Phi) is 2.07. The fourth-order valence-corrected chi connectivity index (χ4v) is 0.697. The molecule has 0 unspecified atom stereocenters. The van der Waals surface area contributed by atoms with Crippen molar-refractivity contribution >= 4 is 11.8 Å². The average molecular weight is 155 g/mol. The highest BCUT2D eigenvalue weighted by molar-refractivity contribution is 5.87. The fraction of sp³-hybridized carbons (Fsp3) is 0.200. The average Bonchev–Trinajstić information content (AvgIpc) is 2.34. The van der Waals surface area contributed by atoms with Gasteiger partial charge in [0.25, 0.3) is 0 Å². The highest BCUT2D eigenvalue weighted by atomic mass is 16.2. The fourth-order valence-electron chi connectivity index (χ4n) is 0.697. The zero-order chi connectivity index (χ0) is 8.27. The molecule has 0 aromatic carbocycles. The summed E-state index contributed by atoms with van der Waals surface area (Å²) in [5, 5.41) is 8.56. The number of carbonyl (C=O) groups excluding carboxylic acids is 1. The van der Waals surface area contributed by atoms with Gasteiger partial charge in [0, 0.05) is 12.1 Å². The summed E-state index contributed by atoms with van der Waals surface area (Å²) in [4.78, 5) is 10.4. The van der Waals surface area contributed by atoms with Crippen LogP contribution >= 0.6 is 0 Å². The van der Waals surface area contributed by atoms with Gasteiger partial charge in [-0.05, 0) is 0 Å². The molecule has 0 saturated carbocycles. The molecule has 0 bridgehead atoms. The Labute approximate surface area is 62.9 Å². The number of anilines is 1. The molecular formula is C5H9N5O. The largest absolute Gasteiger partial charge is 0.351 e. The van der Waals surface area contributed by atoms with Gasteiger partial charge in [-0.2, -0.15) is 5.10 Å². The second-order valence-corrected chi connectivity index (χ2v) is 1.96. The van der Waals surface area contributed by atoms with E-state index in [4.69, 9.17) is 11.5 Å². The van der Waals surface area contributed by atoms with Gasteiger partial charge in [-0.3, -0.25) is 10.4 Å². The van der Waals surface area contributed by atoms with Crippen molar-refractivity contribution in [1.82, 2.24) is 10.2 Å². The van der Waals surface area contributed by atoms with Crippen LogP contribution in [0.5, 0.6) is 0 Å². The highest BCUT2D eigenvalue weighted by Crippen LogP contribution is 2.08. The monoisotopic (exact) mass is 155 g/mol. The second-order valence-electron chi connectivity index (χ2n) is 1.96. The summed E-state index contributed by atoms with van der Waals surface area (Å²) in [5.41, 5.74) is 10.9. The van der Waals surface area contributed by atoms with Gasteiger partial charge >= 0.3 is 6.03 Å². The van der Waals surface area contributed by atoms with E-state index in [0.717, 1.165) is 5.56 Å². The van der Waals surface area contributed by atoms with Crippen molar-refractivity contribution in [3.63, 3.8) is 0 Å². The van der Waals surface area contributed by atoms with Gasteiger partial charge < -0.3 is 11.5 Å². The Bertz CT molecular complexity index is 255. The third kappa shape index (κ3) is 1.68. The van der Waals surface area contributed by atoms with Gasteiger partial charge in [-0.15, -0.1) is 0 Å². The van der Waals surface area contributed by atoms with E-state index in [1.54, 1.807) is 0 Å². The molecule has 0 aliphatic carbocycles. The summed E-state index contributed by atoms with van der Waals surface area (Å²) in [6.07, 6.45) is 1.53. The number of nitrogens with one attached hydrogen (secondary N) is 2. The molecule has 1 heterocycles. The Morgan fingerprint density at radius 1 is 1.82 bits per heavy atom. The van der Waals surface area contributed by atoms with Crippen molar-refractivity contribution in [1.29, 1.82) is 0 Å². The van der Waals surface area contributed by atoms with E-state index in [1.807, 2.05) is 0 Å². The van der Waals surface area contributed by atoms with Gasteiger partial charge in [-0.1, -0.05) is 0 Å². The number of aromatic amines is 1. The Morgan fingerprint density at radius 3 is 3.09 bits per heavy atom. The molecule has 1 aromatic heterocycles. The van der Waals surface area contributed by atoms with Gasteiger partial charge in [0.15, 0.2) is 0 Å². The third-order valence-electron chi connectivity index (χ3n) is 1.19. The first kappa shape index (κ1) is 7.55. The maximum atomic E-state index is 10.4. The number of hydrogen-bond donors (Lipinski definition) is 4. The van der Waals surface area contributed by atoms with Crippen LogP contribution in [0.3, 0.4) is 0 Å². The van der Waals surface area contributed by atoms with Crippen molar-refractivity contribution in [3.05, 3.63) is 11.8 Å². The summed E-state index contributed by atoms with van der Waals surface area (Å²) in [5.74, 6) is 0.458. The Balaban J connectivity index is 2.76. The number of amides is 2. The summed E-state index contributed by atoms with van der Waals surface area (Å²) in [7, 11) is 0. The van der Waals surface area contributed by atoms with Gasteiger partial charge in [-0.25, -0.2) is 4.79 Å². The van der Waals surface area contributed by atoms with Crippen molar-refractivity contribution in [2.24, 2.45) is 11.5 Å². The van der Waals surface area contributed by atoms with Crippen LogP contribution in [0, 0.1) is 0 Å². The maximum Gasteiger partial charge on any atom is 0.317 e. The SMILES string of the molecule is NCc1cn[nH]c1NC(N)=O. The summed E-state index contributed by atoms with van der Waals surface area (Å²) >= 11 is 0. The van der Waals surface area contributed by atoms with E-state index in [2.05, 4.69) is 15.5 Å². The van der Waals surface area contributed by atoms with Crippen LogP contribution in [0.1, 0.15) is 5.56 Å². The number of hydrogen-bond acceptors (Lipinski definition) is 3. The smallest absolute Gasteiger partial charge is 0.317 e.